The normalized spacial score (nSPS) is 12.4. The van der Waals surface area contributed by atoms with Gasteiger partial charge in [0, 0.05) is 29.8 Å². The number of hydrogen-bond acceptors (Lipinski definition) is 4. The van der Waals surface area contributed by atoms with Crippen molar-refractivity contribution in [2.24, 2.45) is 5.92 Å². The van der Waals surface area contributed by atoms with E-state index in [-0.39, 0.29) is 11.3 Å². The summed E-state index contributed by atoms with van der Waals surface area (Å²) in [6, 6.07) is 12.4. The molecule has 4 heteroatoms. The second-order valence-corrected chi connectivity index (χ2v) is 6.81. The molecule has 1 aliphatic carbocycles. The maximum Gasteiger partial charge on any atom is 0.182 e. The zero-order chi connectivity index (χ0) is 20.3. The molecule has 2 aliphatic rings. The number of allylic oxidation sites excluding steroid dienone is 4. The molecule has 0 aromatic heterocycles. The molecular formula is C24H22N2O2. The minimum Gasteiger partial charge on any atom is -0.456 e. The lowest BCUT2D eigenvalue weighted by molar-refractivity contribution is 0.618. The second kappa shape index (κ2) is 7.98. The van der Waals surface area contributed by atoms with Gasteiger partial charge in [-0.15, -0.1) is 0 Å². The number of rotatable bonds is 5. The van der Waals surface area contributed by atoms with E-state index in [4.69, 9.17) is 4.42 Å². The fraction of sp³-hybridized carbons (Fsp3) is 0.167. The molecule has 0 bridgehead atoms. The Bertz CT molecular complexity index is 1170. The fourth-order valence-corrected chi connectivity index (χ4v) is 3.25. The van der Waals surface area contributed by atoms with Crippen LogP contribution >= 0.6 is 0 Å². The van der Waals surface area contributed by atoms with Gasteiger partial charge in [0.15, 0.2) is 5.43 Å². The highest BCUT2D eigenvalue weighted by Gasteiger charge is 2.20. The summed E-state index contributed by atoms with van der Waals surface area (Å²) in [5, 5.41) is 13.2. The Labute approximate surface area is 164 Å². The molecule has 0 fully saturated rings. The first-order valence-corrected chi connectivity index (χ1v) is 9.11. The molecule has 1 N–H and O–H groups in total. The zero-order valence-electron chi connectivity index (χ0n) is 16.2. The Morgan fingerprint density at radius 2 is 2.00 bits per heavy atom. The minimum absolute atomic E-state index is 0.114. The van der Waals surface area contributed by atoms with E-state index in [9.17, 15) is 10.1 Å². The third-order valence-electron chi connectivity index (χ3n) is 4.68. The van der Waals surface area contributed by atoms with Crippen molar-refractivity contribution in [1.29, 1.82) is 5.26 Å². The van der Waals surface area contributed by atoms with E-state index in [0.717, 1.165) is 27.8 Å². The van der Waals surface area contributed by atoms with Gasteiger partial charge in [-0.1, -0.05) is 26.5 Å². The topological polar surface area (TPSA) is 66.0 Å². The van der Waals surface area contributed by atoms with Crippen LogP contribution in [-0.4, -0.2) is 7.05 Å². The van der Waals surface area contributed by atoms with Crippen molar-refractivity contribution in [3.05, 3.63) is 88.3 Å². The number of benzene rings is 2. The van der Waals surface area contributed by atoms with Crippen LogP contribution in [0.15, 0.2) is 76.1 Å². The van der Waals surface area contributed by atoms with Crippen LogP contribution in [0.2, 0.25) is 0 Å². The zero-order valence-corrected chi connectivity index (χ0v) is 16.2. The lowest BCUT2D eigenvalue weighted by atomic mass is 9.87. The van der Waals surface area contributed by atoms with Crippen LogP contribution in [0.5, 0.6) is 0 Å². The lowest BCUT2D eigenvalue weighted by Crippen LogP contribution is -2.04. The summed E-state index contributed by atoms with van der Waals surface area (Å²) in [5.41, 5.74) is 4.86. The van der Waals surface area contributed by atoms with Gasteiger partial charge in [0.05, 0.1) is 11.6 Å². The molecule has 1 aromatic carbocycles. The smallest absolute Gasteiger partial charge is 0.182 e. The van der Waals surface area contributed by atoms with Gasteiger partial charge in [-0.3, -0.25) is 4.79 Å². The summed E-state index contributed by atoms with van der Waals surface area (Å²) >= 11 is 0. The van der Waals surface area contributed by atoms with Gasteiger partial charge in [0.1, 0.15) is 11.3 Å². The summed E-state index contributed by atoms with van der Waals surface area (Å²) in [4.78, 5) is 11.9. The van der Waals surface area contributed by atoms with Gasteiger partial charge in [0.25, 0.3) is 0 Å². The highest BCUT2D eigenvalue weighted by atomic mass is 16.3. The molecule has 4 nitrogen and oxygen atoms in total. The first-order chi connectivity index (χ1) is 13.5. The number of fused-ring (bicyclic) bond motifs is 2. The van der Waals surface area contributed by atoms with Gasteiger partial charge in [-0.05, 0) is 59.5 Å². The molecule has 1 heterocycles. The van der Waals surface area contributed by atoms with Crippen molar-refractivity contribution in [1.82, 2.24) is 5.32 Å². The van der Waals surface area contributed by atoms with Gasteiger partial charge in [-0.25, -0.2) is 0 Å². The van der Waals surface area contributed by atoms with E-state index in [0.29, 0.717) is 16.9 Å². The Morgan fingerprint density at radius 3 is 2.64 bits per heavy atom. The van der Waals surface area contributed by atoms with E-state index in [2.05, 4.69) is 37.9 Å². The molecular weight excluding hydrogens is 348 g/mol. The molecule has 0 unspecified atom stereocenters. The largest absolute Gasteiger partial charge is 0.456 e. The fourth-order valence-electron chi connectivity index (χ4n) is 3.25. The van der Waals surface area contributed by atoms with Crippen LogP contribution in [0.25, 0.3) is 27.9 Å². The van der Waals surface area contributed by atoms with Crippen molar-refractivity contribution in [3.63, 3.8) is 0 Å². The number of likely N-dealkylation sites (N-methyl/N-ethyl adjacent to an activating group) is 1. The van der Waals surface area contributed by atoms with Crippen LogP contribution in [0.3, 0.4) is 0 Å². The van der Waals surface area contributed by atoms with E-state index >= 15 is 0 Å². The first-order valence-electron chi connectivity index (χ1n) is 9.11. The molecule has 3 rings (SSSR count). The highest BCUT2D eigenvalue weighted by molar-refractivity contribution is 5.99. The van der Waals surface area contributed by atoms with Crippen molar-refractivity contribution in [2.75, 3.05) is 7.05 Å². The monoisotopic (exact) mass is 370 g/mol. The number of hydrogen-bond donors (Lipinski definition) is 1. The third kappa shape index (κ3) is 3.60. The van der Waals surface area contributed by atoms with Crippen LogP contribution in [0.1, 0.15) is 25.0 Å². The highest BCUT2D eigenvalue weighted by Crippen LogP contribution is 2.39. The predicted octanol–water partition coefficient (Wildman–Crippen LogP) is 5.10. The van der Waals surface area contributed by atoms with Crippen molar-refractivity contribution in [2.45, 2.75) is 13.8 Å². The van der Waals surface area contributed by atoms with Crippen molar-refractivity contribution < 1.29 is 4.42 Å². The van der Waals surface area contributed by atoms with Crippen LogP contribution < -0.4 is 10.7 Å². The van der Waals surface area contributed by atoms with E-state index < -0.39 is 0 Å². The van der Waals surface area contributed by atoms with Crippen LogP contribution in [-0.2, 0) is 0 Å². The molecule has 0 amide bonds. The Kier molecular flexibility index (Phi) is 5.47. The number of nitrogens with one attached hydrogen (secondary N) is 1. The van der Waals surface area contributed by atoms with Crippen molar-refractivity contribution in [3.8, 4) is 17.4 Å². The molecule has 0 saturated carbocycles. The Balaban J connectivity index is 2.43. The van der Waals surface area contributed by atoms with Gasteiger partial charge >= 0.3 is 0 Å². The summed E-state index contributed by atoms with van der Waals surface area (Å²) in [6.45, 7) is 8.07. The lowest BCUT2D eigenvalue weighted by Gasteiger charge is -2.19. The SMILES string of the molecule is C=C/C(=C\C=C(\c1c2ccc(=O)cc-2oc2cc(C#N)ccc12)C(C)C)NC. The summed E-state index contributed by atoms with van der Waals surface area (Å²) < 4.78 is 5.99. The quantitative estimate of drug-likeness (QED) is 0.501. The molecule has 0 atom stereocenters. The standard InChI is InChI=1S/C24H22N2O2/c1-5-17(26-4)7-10-19(15(2)3)24-20-9-6-16(14-25)12-22(20)28-23-13-18(27)8-11-21(23)24/h5-13,15,26H,1H2,2-4H3/b17-7+,19-10+. The molecule has 1 aliphatic heterocycles. The van der Waals surface area contributed by atoms with Gasteiger partial charge in [-0.2, -0.15) is 5.26 Å². The van der Waals surface area contributed by atoms with Crippen LogP contribution in [0, 0.1) is 17.2 Å². The maximum atomic E-state index is 11.9. The Morgan fingerprint density at radius 1 is 1.21 bits per heavy atom. The molecule has 140 valence electrons. The molecule has 0 radical (unpaired) electrons. The molecule has 0 spiro atoms. The molecule has 1 aromatic rings. The third-order valence-corrected chi connectivity index (χ3v) is 4.68. The first kappa shape index (κ1) is 19.2. The molecule has 0 saturated heterocycles. The summed E-state index contributed by atoms with van der Waals surface area (Å²) in [6.07, 6.45) is 5.80. The average molecular weight is 370 g/mol. The van der Waals surface area contributed by atoms with Crippen LogP contribution in [0.4, 0.5) is 0 Å². The second-order valence-electron chi connectivity index (χ2n) is 6.81. The minimum atomic E-state index is -0.114. The summed E-state index contributed by atoms with van der Waals surface area (Å²) in [7, 11) is 1.85. The maximum absolute atomic E-state index is 11.9. The Hall–Kier alpha value is -3.58. The van der Waals surface area contributed by atoms with Gasteiger partial charge < -0.3 is 9.73 Å². The average Bonchev–Trinajstić information content (AvgIpc) is 2.69. The summed E-state index contributed by atoms with van der Waals surface area (Å²) in [5.74, 6) is 0.730. The molecule has 28 heavy (non-hydrogen) atoms. The number of nitrogens with zero attached hydrogens (tertiary/aromatic N) is 1. The number of nitriles is 1. The van der Waals surface area contributed by atoms with E-state index in [1.807, 2.05) is 19.2 Å². The van der Waals surface area contributed by atoms with E-state index in [1.54, 1.807) is 30.3 Å². The predicted molar refractivity (Wildman–Crippen MR) is 114 cm³/mol. The van der Waals surface area contributed by atoms with E-state index in [1.165, 1.54) is 6.07 Å². The van der Waals surface area contributed by atoms with Gasteiger partial charge in [0.2, 0.25) is 0 Å². The van der Waals surface area contributed by atoms with Crippen molar-refractivity contribution >= 4 is 16.5 Å².